The number of esters is 1. The Balaban J connectivity index is 1.72. The van der Waals surface area contributed by atoms with Gasteiger partial charge in [-0.1, -0.05) is 72.8 Å². The molecular formula is C25H23NO3S. The molecule has 0 bridgehead atoms. The van der Waals surface area contributed by atoms with E-state index >= 15 is 0 Å². The van der Waals surface area contributed by atoms with Crippen LogP contribution in [0.4, 0.5) is 0 Å². The van der Waals surface area contributed by atoms with Crippen molar-refractivity contribution in [2.24, 2.45) is 5.73 Å². The van der Waals surface area contributed by atoms with Crippen LogP contribution in [0, 0.1) is 0 Å². The molecule has 4 nitrogen and oxygen atoms in total. The van der Waals surface area contributed by atoms with Crippen LogP contribution in [0.2, 0.25) is 0 Å². The highest BCUT2D eigenvalue weighted by Crippen LogP contribution is 2.38. The molecule has 0 saturated heterocycles. The van der Waals surface area contributed by atoms with E-state index in [2.05, 4.69) is 0 Å². The van der Waals surface area contributed by atoms with E-state index in [0.29, 0.717) is 12.2 Å². The van der Waals surface area contributed by atoms with Crippen molar-refractivity contribution in [1.29, 1.82) is 0 Å². The molecule has 1 unspecified atom stereocenters. The summed E-state index contributed by atoms with van der Waals surface area (Å²) < 4.78 is 12.2. The van der Waals surface area contributed by atoms with E-state index in [1.165, 1.54) is 11.3 Å². The van der Waals surface area contributed by atoms with E-state index in [9.17, 15) is 4.79 Å². The first kappa shape index (κ1) is 20.1. The third-order valence-corrected chi connectivity index (χ3v) is 6.00. The monoisotopic (exact) mass is 417 g/mol. The third-order valence-electron chi connectivity index (χ3n) is 4.99. The summed E-state index contributed by atoms with van der Waals surface area (Å²) in [5.74, 6) is 0.193. The van der Waals surface area contributed by atoms with E-state index in [1.54, 1.807) is 0 Å². The van der Waals surface area contributed by atoms with Gasteiger partial charge >= 0.3 is 5.97 Å². The normalized spacial score (nSPS) is 13.0. The van der Waals surface area contributed by atoms with Gasteiger partial charge in [-0.2, -0.15) is 0 Å². The van der Waals surface area contributed by atoms with E-state index in [4.69, 9.17) is 15.2 Å². The fourth-order valence-corrected chi connectivity index (χ4v) is 4.37. The largest absolute Gasteiger partial charge is 0.469 e. The molecule has 30 heavy (non-hydrogen) atoms. The van der Waals surface area contributed by atoms with Gasteiger partial charge in [0, 0.05) is 11.8 Å². The summed E-state index contributed by atoms with van der Waals surface area (Å²) in [6.07, 6.45) is 0.310. The molecule has 1 atom stereocenters. The van der Waals surface area contributed by atoms with Crippen LogP contribution in [0.5, 0.6) is 5.75 Å². The quantitative estimate of drug-likeness (QED) is 0.397. The number of ether oxygens (including phenoxy) is 2. The van der Waals surface area contributed by atoms with Crippen LogP contribution in [-0.4, -0.2) is 12.5 Å². The fraction of sp³-hybridized carbons (Fsp3) is 0.160. The summed E-state index contributed by atoms with van der Waals surface area (Å²) >= 11 is 1.46. The molecule has 0 aliphatic rings. The smallest absolute Gasteiger partial charge is 0.356 e. The number of benzene rings is 3. The van der Waals surface area contributed by atoms with Gasteiger partial charge < -0.3 is 15.2 Å². The van der Waals surface area contributed by atoms with Crippen molar-refractivity contribution in [3.8, 4) is 5.75 Å². The molecule has 4 aromatic rings. The number of hydrogen-bond acceptors (Lipinski definition) is 5. The number of rotatable bonds is 8. The maximum atomic E-state index is 13.5. The summed E-state index contributed by atoms with van der Waals surface area (Å²) in [4.78, 5) is 14.2. The van der Waals surface area contributed by atoms with E-state index in [0.717, 1.165) is 21.2 Å². The third kappa shape index (κ3) is 4.08. The Hall–Kier alpha value is -3.15. The maximum Gasteiger partial charge on any atom is 0.356 e. The lowest BCUT2D eigenvalue weighted by Crippen LogP contribution is -2.44. The summed E-state index contributed by atoms with van der Waals surface area (Å²) in [5, 5.41) is 3.91. The van der Waals surface area contributed by atoms with Gasteiger partial charge in [0.15, 0.2) is 0 Å². The molecule has 1 aromatic heterocycles. The maximum absolute atomic E-state index is 13.5. The summed E-state index contributed by atoms with van der Waals surface area (Å²) in [5.41, 5.74) is 5.57. The first-order valence-electron chi connectivity index (χ1n) is 9.85. The van der Waals surface area contributed by atoms with Crippen LogP contribution >= 0.6 is 11.3 Å². The molecule has 5 heteroatoms. The molecular weight excluding hydrogens is 394 g/mol. The molecule has 0 aliphatic heterocycles. The van der Waals surface area contributed by atoms with E-state index in [-0.39, 0.29) is 13.2 Å². The van der Waals surface area contributed by atoms with Crippen molar-refractivity contribution in [1.82, 2.24) is 0 Å². The van der Waals surface area contributed by atoms with Gasteiger partial charge in [0.1, 0.15) is 12.4 Å². The first-order chi connectivity index (χ1) is 14.7. The van der Waals surface area contributed by atoms with Gasteiger partial charge in [-0.15, -0.1) is 11.3 Å². The standard InChI is InChI=1S/C25H23NO3S/c26-16-15-25(23-14-7-17-30-23,24(27)28-18-19-8-2-1-3-9-19)29-22-13-6-11-20-10-4-5-12-21(20)22/h1-14,17H,15-16,18,26H2. The topological polar surface area (TPSA) is 61.5 Å². The number of thiophene rings is 1. The van der Waals surface area contributed by atoms with Gasteiger partial charge in [-0.25, -0.2) is 4.79 Å². The van der Waals surface area contributed by atoms with Crippen molar-refractivity contribution < 1.29 is 14.3 Å². The van der Waals surface area contributed by atoms with Crippen molar-refractivity contribution in [2.45, 2.75) is 18.6 Å². The van der Waals surface area contributed by atoms with Crippen LogP contribution in [0.15, 0.2) is 90.3 Å². The van der Waals surface area contributed by atoms with E-state index < -0.39 is 11.6 Å². The zero-order valence-corrected chi connectivity index (χ0v) is 17.3. The molecule has 0 radical (unpaired) electrons. The fourth-order valence-electron chi connectivity index (χ4n) is 3.49. The molecule has 3 aromatic carbocycles. The van der Waals surface area contributed by atoms with Gasteiger partial charge in [0.05, 0.1) is 4.88 Å². The molecule has 0 saturated carbocycles. The van der Waals surface area contributed by atoms with Crippen LogP contribution in [-0.2, 0) is 21.7 Å². The van der Waals surface area contributed by atoms with Crippen molar-refractivity contribution >= 4 is 28.1 Å². The lowest BCUT2D eigenvalue weighted by atomic mass is 9.96. The Morgan fingerprint density at radius 2 is 1.67 bits per heavy atom. The second-order valence-electron chi connectivity index (χ2n) is 6.98. The number of carbonyl (C=O) groups excluding carboxylic acids is 1. The summed E-state index contributed by atoms with van der Waals surface area (Å²) in [6.45, 7) is 0.458. The Bertz CT molecular complexity index is 1110. The molecule has 2 N–H and O–H groups in total. The molecule has 152 valence electrons. The summed E-state index contributed by atoms with van der Waals surface area (Å²) in [6, 6.07) is 27.2. The van der Waals surface area contributed by atoms with Crippen molar-refractivity contribution in [3.05, 3.63) is 101 Å². The lowest BCUT2D eigenvalue weighted by Gasteiger charge is -2.31. The zero-order valence-electron chi connectivity index (χ0n) is 16.5. The highest BCUT2D eigenvalue weighted by molar-refractivity contribution is 7.10. The Morgan fingerprint density at radius 1 is 0.900 bits per heavy atom. The minimum absolute atomic E-state index is 0.177. The Kier molecular flexibility index (Phi) is 6.12. The molecule has 4 rings (SSSR count). The van der Waals surface area contributed by atoms with Crippen LogP contribution in [0.3, 0.4) is 0 Å². The first-order valence-corrected chi connectivity index (χ1v) is 10.7. The van der Waals surface area contributed by atoms with Crippen molar-refractivity contribution in [2.75, 3.05) is 6.54 Å². The van der Waals surface area contributed by atoms with Crippen LogP contribution in [0.25, 0.3) is 10.8 Å². The predicted octanol–water partition coefficient (Wildman–Crippen LogP) is 5.27. The minimum atomic E-state index is -1.30. The molecule has 0 fully saturated rings. The molecule has 0 spiro atoms. The highest BCUT2D eigenvalue weighted by Gasteiger charge is 2.45. The van der Waals surface area contributed by atoms with Crippen molar-refractivity contribution in [3.63, 3.8) is 0 Å². The average Bonchev–Trinajstić information content (AvgIpc) is 3.33. The average molecular weight is 418 g/mol. The summed E-state index contributed by atoms with van der Waals surface area (Å²) in [7, 11) is 0. The molecule has 0 amide bonds. The van der Waals surface area contributed by atoms with Gasteiger partial charge in [0.2, 0.25) is 5.60 Å². The van der Waals surface area contributed by atoms with Gasteiger partial charge in [-0.05, 0) is 35.0 Å². The predicted molar refractivity (Wildman–Crippen MR) is 120 cm³/mol. The Labute approximate surface area is 179 Å². The number of nitrogens with two attached hydrogens (primary N) is 1. The lowest BCUT2D eigenvalue weighted by molar-refractivity contribution is -0.165. The second-order valence-corrected chi connectivity index (χ2v) is 7.93. The number of carbonyl (C=O) groups is 1. The number of hydrogen-bond donors (Lipinski definition) is 1. The van der Waals surface area contributed by atoms with Gasteiger partial charge in [0.25, 0.3) is 0 Å². The van der Waals surface area contributed by atoms with E-state index in [1.807, 2.05) is 90.3 Å². The molecule has 0 aliphatic carbocycles. The molecule has 1 heterocycles. The van der Waals surface area contributed by atoms with Crippen LogP contribution < -0.4 is 10.5 Å². The van der Waals surface area contributed by atoms with Crippen LogP contribution in [0.1, 0.15) is 16.9 Å². The Morgan fingerprint density at radius 3 is 2.43 bits per heavy atom. The number of fused-ring (bicyclic) bond motifs is 1. The zero-order chi connectivity index (χ0) is 20.8. The second kappa shape index (κ2) is 9.11. The minimum Gasteiger partial charge on any atom is -0.469 e. The SMILES string of the molecule is NCCC(Oc1cccc2ccccc12)(C(=O)OCc1ccccc1)c1cccs1. The van der Waals surface area contributed by atoms with Gasteiger partial charge in [-0.3, -0.25) is 0 Å². The highest BCUT2D eigenvalue weighted by atomic mass is 32.1.